The van der Waals surface area contributed by atoms with Gasteiger partial charge in [0.25, 0.3) is 5.91 Å². The molecular weight excluding hydrogens is 328 g/mol. The Kier molecular flexibility index (Phi) is 3.72. The highest BCUT2D eigenvalue weighted by atomic mass is 79.9. The molecule has 1 aliphatic rings. The molecule has 0 fully saturated rings. The van der Waals surface area contributed by atoms with Crippen LogP contribution in [-0.2, 0) is 6.42 Å². The fraction of sp³-hybridized carbons (Fsp3) is 0.235. The maximum atomic E-state index is 12.5. The number of hydrogen-bond donors (Lipinski definition) is 2. The van der Waals surface area contributed by atoms with Crippen molar-refractivity contribution in [2.75, 3.05) is 5.73 Å². The number of hydrogen-bond acceptors (Lipinski definition) is 2. The molecule has 0 saturated carbocycles. The van der Waals surface area contributed by atoms with Crippen molar-refractivity contribution in [3.05, 3.63) is 63.1 Å². The Bertz CT molecular complexity index is 712. The van der Waals surface area contributed by atoms with Crippen molar-refractivity contribution in [1.82, 2.24) is 5.32 Å². The molecule has 2 aromatic rings. The van der Waals surface area contributed by atoms with Gasteiger partial charge >= 0.3 is 0 Å². The quantitative estimate of drug-likeness (QED) is 0.815. The monoisotopic (exact) mass is 344 g/mol. The highest BCUT2D eigenvalue weighted by Gasteiger charge is 2.25. The van der Waals surface area contributed by atoms with E-state index in [0.717, 1.165) is 28.6 Å². The number of fused-ring (bicyclic) bond motifs is 1. The van der Waals surface area contributed by atoms with Crippen molar-refractivity contribution in [1.29, 1.82) is 0 Å². The topological polar surface area (TPSA) is 55.1 Å². The lowest BCUT2D eigenvalue weighted by Gasteiger charge is -2.15. The van der Waals surface area contributed by atoms with E-state index in [1.54, 1.807) is 0 Å². The molecule has 1 unspecified atom stereocenters. The molecule has 0 spiro atoms. The number of carbonyl (C=O) groups excluding carboxylic acids is 1. The van der Waals surface area contributed by atoms with Crippen molar-refractivity contribution in [3.8, 4) is 0 Å². The zero-order valence-electron chi connectivity index (χ0n) is 11.8. The van der Waals surface area contributed by atoms with Gasteiger partial charge in [0.1, 0.15) is 0 Å². The summed E-state index contributed by atoms with van der Waals surface area (Å²) in [5.74, 6) is -0.0414. The van der Waals surface area contributed by atoms with Crippen LogP contribution >= 0.6 is 15.9 Å². The first kappa shape index (κ1) is 14.1. The molecule has 1 amide bonds. The lowest BCUT2D eigenvalue weighted by Crippen LogP contribution is -2.27. The van der Waals surface area contributed by atoms with Crippen LogP contribution in [0.2, 0.25) is 0 Å². The molecule has 4 heteroatoms. The lowest BCUT2D eigenvalue weighted by atomic mass is 10.1. The molecule has 0 radical (unpaired) electrons. The molecule has 21 heavy (non-hydrogen) atoms. The van der Waals surface area contributed by atoms with E-state index in [0.29, 0.717) is 5.56 Å². The predicted octanol–water partition coefficient (Wildman–Crippen LogP) is 3.76. The average Bonchev–Trinajstić information content (AvgIpc) is 2.84. The first-order valence-corrected chi connectivity index (χ1v) is 7.80. The number of nitrogens with one attached hydrogen (secondary N) is 1. The molecule has 1 atom stereocenters. The fourth-order valence-electron chi connectivity index (χ4n) is 2.85. The fourth-order valence-corrected chi connectivity index (χ4v) is 3.29. The van der Waals surface area contributed by atoms with Crippen molar-refractivity contribution in [2.24, 2.45) is 0 Å². The van der Waals surface area contributed by atoms with Crippen LogP contribution in [0.4, 0.5) is 5.69 Å². The van der Waals surface area contributed by atoms with Crippen LogP contribution in [0.1, 0.15) is 39.5 Å². The number of nitrogen functional groups attached to an aromatic ring is 1. The number of halogens is 1. The van der Waals surface area contributed by atoms with Crippen LogP contribution in [0, 0.1) is 6.92 Å². The molecule has 1 aliphatic carbocycles. The summed E-state index contributed by atoms with van der Waals surface area (Å²) in [6, 6.07) is 11.7. The van der Waals surface area contributed by atoms with Gasteiger partial charge in [0.2, 0.25) is 0 Å². The summed E-state index contributed by atoms with van der Waals surface area (Å²) < 4.78 is 0.859. The Morgan fingerprint density at radius 3 is 2.95 bits per heavy atom. The number of benzene rings is 2. The van der Waals surface area contributed by atoms with E-state index in [9.17, 15) is 4.79 Å². The second kappa shape index (κ2) is 5.53. The zero-order chi connectivity index (χ0) is 15.0. The van der Waals surface area contributed by atoms with Crippen LogP contribution in [0.5, 0.6) is 0 Å². The Morgan fingerprint density at radius 1 is 1.33 bits per heavy atom. The van der Waals surface area contributed by atoms with Gasteiger partial charge in [-0.1, -0.05) is 18.2 Å². The molecule has 3 rings (SSSR count). The summed E-state index contributed by atoms with van der Waals surface area (Å²) in [6.45, 7) is 1.98. The minimum absolute atomic E-state index is 0.0414. The first-order chi connectivity index (χ1) is 10.1. The van der Waals surface area contributed by atoms with E-state index in [2.05, 4.69) is 21.2 Å². The number of carbonyl (C=O) groups is 1. The first-order valence-electron chi connectivity index (χ1n) is 7.00. The van der Waals surface area contributed by atoms with Crippen molar-refractivity contribution in [3.63, 3.8) is 0 Å². The molecule has 0 aliphatic heterocycles. The molecule has 3 N–H and O–H groups in total. The van der Waals surface area contributed by atoms with Crippen molar-refractivity contribution in [2.45, 2.75) is 25.8 Å². The Labute approximate surface area is 132 Å². The van der Waals surface area contributed by atoms with Gasteiger partial charge in [0, 0.05) is 10.2 Å². The standard InChI is InChI=1S/C17H17BrN2O/c1-10-3-2-4-14(16(10)18)17(21)20-15-8-5-11-9-12(19)6-7-13(11)15/h2-4,6-7,9,15H,5,8,19H2,1H3,(H,20,21). The van der Waals surface area contributed by atoms with E-state index < -0.39 is 0 Å². The summed E-state index contributed by atoms with van der Waals surface area (Å²) >= 11 is 3.49. The van der Waals surface area contributed by atoms with Crippen LogP contribution in [0.25, 0.3) is 0 Å². The van der Waals surface area contributed by atoms with E-state index in [-0.39, 0.29) is 11.9 Å². The number of nitrogens with two attached hydrogens (primary N) is 1. The van der Waals surface area contributed by atoms with Gasteiger partial charge < -0.3 is 11.1 Å². The molecular formula is C17H17BrN2O. The Balaban J connectivity index is 1.83. The van der Waals surface area contributed by atoms with Crippen molar-refractivity contribution >= 4 is 27.5 Å². The molecule has 2 aromatic carbocycles. The van der Waals surface area contributed by atoms with Gasteiger partial charge in [0.05, 0.1) is 11.6 Å². The van der Waals surface area contributed by atoms with Gasteiger partial charge in [-0.25, -0.2) is 0 Å². The third kappa shape index (κ3) is 2.68. The summed E-state index contributed by atoms with van der Waals surface area (Å²) in [4.78, 5) is 12.5. The number of amides is 1. The smallest absolute Gasteiger partial charge is 0.252 e. The summed E-state index contributed by atoms with van der Waals surface area (Å²) in [7, 11) is 0. The minimum atomic E-state index is -0.0414. The molecule has 0 aromatic heterocycles. The van der Waals surface area contributed by atoms with Crippen LogP contribution in [0.15, 0.2) is 40.9 Å². The zero-order valence-corrected chi connectivity index (χ0v) is 13.4. The van der Waals surface area contributed by atoms with Gasteiger partial charge in [-0.05, 0) is 70.6 Å². The maximum Gasteiger partial charge on any atom is 0.252 e. The summed E-state index contributed by atoms with van der Waals surface area (Å²) in [5.41, 5.74) is 10.7. The van der Waals surface area contributed by atoms with Crippen LogP contribution < -0.4 is 11.1 Å². The second-order valence-corrected chi connectivity index (χ2v) is 6.25. The SMILES string of the molecule is Cc1cccc(C(=O)NC2CCc3cc(N)ccc32)c1Br. The normalized spacial score (nSPS) is 16.6. The molecule has 0 heterocycles. The molecule has 0 saturated heterocycles. The Morgan fingerprint density at radius 2 is 2.14 bits per heavy atom. The largest absolute Gasteiger partial charge is 0.399 e. The maximum absolute atomic E-state index is 12.5. The predicted molar refractivity (Wildman–Crippen MR) is 88.3 cm³/mol. The lowest BCUT2D eigenvalue weighted by molar-refractivity contribution is 0.0936. The van der Waals surface area contributed by atoms with Crippen molar-refractivity contribution < 1.29 is 4.79 Å². The van der Waals surface area contributed by atoms with Gasteiger partial charge in [-0.3, -0.25) is 4.79 Å². The van der Waals surface area contributed by atoms with E-state index in [4.69, 9.17) is 5.73 Å². The van der Waals surface area contributed by atoms with E-state index in [1.165, 1.54) is 11.1 Å². The average molecular weight is 345 g/mol. The van der Waals surface area contributed by atoms with E-state index in [1.807, 2.05) is 43.3 Å². The third-order valence-corrected chi connectivity index (χ3v) is 5.04. The van der Waals surface area contributed by atoms with Gasteiger partial charge in [-0.2, -0.15) is 0 Å². The minimum Gasteiger partial charge on any atom is -0.399 e. The van der Waals surface area contributed by atoms with E-state index >= 15 is 0 Å². The number of rotatable bonds is 2. The summed E-state index contributed by atoms with van der Waals surface area (Å²) in [5, 5.41) is 3.13. The second-order valence-electron chi connectivity index (χ2n) is 5.46. The van der Waals surface area contributed by atoms with Gasteiger partial charge in [-0.15, -0.1) is 0 Å². The number of anilines is 1. The molecule has 0 bridgehead atoms. The molecule has 108 valence electrons. The van der Waals surface area contributed by atoms with Crippen LogP contribution in [0.3, 0.4) is 0 Å². The summed E-state index contributed by atoms with van der Waals surface area (Å²) in [6.07, 6.45) is 1.88. The molecule has 3 nitrogen and oxygen atoms in total. The third-order valence-electron chi connectivity index (χ3n) is 3.99. The highest BCUT2D eigenvalue weighted by Crippen LogP contribution is 2.33. The number of aryl methyl sites for hydroxylation is 2. The Hall–Kier alpha value is -1.81. The van der Waals surface area contributed by atoms with Gasteiger partial charge in [0.15, 0.2) is 0 Å². The highest BCUT2D eigenvalue weighted by molar-refractivity contribution is 9.10. The van der Waals surface area contributed by atoms with Crippen LogP contribution in [-0.4, -0.2) is 5.91 Å².